The van der Waals surface area contributed by atoms with Gasteiger partial charge in [0.25, 0.3) is 11.6 Å². The van der Waals surface area contributed by atoms with E-state index in [2.05, 4.69) is 4.98 Å². The van der Waals surface area contributed by atoms with Gasteiger partial charge in [-0.1, -0.05) is 18.2 Å². The normalized spacial score (nSPS) is 16.6. The van der Waals surface area contributed by atoms with Gasteiger partial charge >= 0.3 is 0 Å². The van der Waals surface area contributed by atoms with E-state index >= 15 is 0 Å². The summed E-state index contributed by atoms with van der Waals surface area (Å²) < 4.78 is 13.3. The number of nitrogens with zero attached hydrogens (tertiary/aromatic N) is 2. The minimum atomic E-state index is -0.269. The van der Waals surface area contributed by atoms with Crippen molar-refractivity contribution in [3.63, 3.8) is 0 Å². The second-order valence-corrected chi connectivity index (χ2v) is 4.95. The summed E-state index contributed by atoms with van der Waals surface area (Å²) in [5, 5.41) is 0. The lowest BCUT2D eigenvalue weighted by molar-refractivity contribution is 0.143. The number of hydrogen-bond acceptors (Lipinski definition) is 4. The van der Waals surface area contributed by atoms with Gasteiger partial charge in [-0.25, -0.2) is 0 Å². The molecule has 20 heavy (non-hydrogen) atoms. The molecule has 5 heteroatoms. The molecule has 1 aliphatic rings. The van der Waals surface area contributed by atoms with Crippen molar-refractivity contribution >= 4 is 0 Å². The zero-order valence-corrected chi connectivity index (χ0v) is 11.5. The maximum absolute atomic E-state index is 11.3. The monoisotopic (exact) mass is 272 g/mol. The van der Waals surface area contributed by atoms with Gasteiger partial charge in [0.1, 0.15) is 12.4 Å². The lowest BCUT2D eigenvalue weighted by Crippen LogP contribution is -2.23. The molecule has 2 heterocycles. The van der Waals surface area contributed by atoms with E-state index in [-0.39, 0.29) is 11.7 Å². The summed E-state index contributed by atoms with van der Waals surface area (Å²) in [7, 11) is 0. The lowest BCUT2D eigenvalue weighted by atomic mass is 10.2. The summed E-state index contributed by atoms with van der Waals surface area (Å²) in [5.74, 6) is 0.853. The van der Waals surface area contributed by atoms with E-state index in [1.165, 1.54) is 6.07 Å². The van der Waals surface area contributed by atoms with E-state index in [4.69, 9.17) is 9.47 Å². The van der Waals surface area contributed by atoms with Gasteiger partial charge in [-0.15, -0.1) is 0 Å². The number of fused-ring (bicyclic) bond motifs is 1. The fraction of sp³-hybridized carbons (Fsp3) is 0.333. The van der Waals surface area contributed by atoms with Crippen molar-refractivity contribution in [3.05, 3.63) is 51.9 Å². The molecule has 0 radical (unpaired) electrons. The number of rotatable bonds is 3. The number of aromatic nitrogens is 2. The average Bonchev–Trinajstić information content (AvgIpc) is 2.81. The molecule has 0 saturated heterocycles. The van der Waals surface area contributed by atoms with Crippen LogP contribution in [0.4, 0.5) is 0 Å². The van der Waals surface area contributed by atoms with Gasteiger partial charge in [-0.2, -0.15) is 4.98 Å². The lowest BCUT2D eigenvalue weighted by Gasteiger charge is -2.12. The summed E-state index contributed by atoms with van der Waals surface area (Å²) in [6.07, 6.45) is -0.123. The summed E-state index contributed by atoms with van der Waals surface area (Å²) in [5.41, 5.74) is 1.68. The highest BCUT2D eigenvalue weighted by atomic mass is 16.6. The minimum absolute atomic E-state index is 0.123. The average molecular weight is 272 g/mol. The third-order valence-corrected chi connectivity index (χ3v) is 3.37. The molecule has 0 fully saturated rings. The van der Waals surface area contributed by atoms with Gasteiger partial charge in [-0.05, 0) is 25.5 Å². The molecule has 2 aromatic rings. The summed E-state index contributed by atoms with van der Waals surface area (Å²) in [4.78, 5) is 15.2. The molecule has 1 aliphatic heterocycles. The Labute approximate surface area is 116 Å². The molecule has 1 aromatic heterocycles. The number of ether oxygens (including phenoxy) is 2. The first-order valence-corrected chi connectivity index (χ1v) is 6.57. The highest BCUT2D eigenvalue weighted by molar-refractivity contribution is 5.31. The van der Waals surface area contributed by atoms with Crippen LogP contribution in [-0.2, 0) is 6.54 Å². The van der Waals surface area contributed by atoms with Crippen LogP contribution in [0.15, 0.2) is 35.1 Å². The van der Waals surface area contributed by atoms with Crippen LogP contribution >= 0.6 is 0 Å². The van der Waals surface area contributed by atoms with Crippen LogP contribution in [0.1, 0.15) is 11.3 Å². The Balaban J connectivity index is 1.69. The molecule has 0 bridgehead atoms. The predicted octanol–water partition coefficient (Wildman–Crippen LogP) is 1.70. The van der Waals surface area contributed by atoms with E-state index in [1.54, 1.807) is 0 Å². The maximum Gasteiger partial charge on any atom is 0.300 e. The van der Waals surface area contributed by atoms with E-state index in [1.807, 2.05) is 42.7 Å². The number of hydrogen-bond donors (Lipinski definition) is 0. The molecular weight excluding hydrogens is 256 g/mol. The van der Waals surface area contributed by atoms with Gasteiger partial charge in [0.15, 0.2) is 6.10 Å². The van der Waals surface area contributed by atoms with Crippen molar-refractivity contribution < 1.29 is 9.47 Å². The van der Waals surface area contributed by atoms with E-state index < -0.39 is 0 Å². The second kappa shape index (κ2) is 5.00. The summed E-state index contributed by atoms with van der Waals surface area (Å²) >= 11 is 0. The van der Waals surface area contributed by atoms with Crippen LogP contribution < -0.4 is 15.0 Å². The first-order valence-electron chi connectivity index (χ1n) is 6.57. The molecule has 1 unspecified atom stereocenters. The SMILES string of the molecule is Cc1ccccc1OCC1Cn2c(C)cc(=O)nc2O1. The number of para-hydroxylation sites is 1. The molecule has 0 aliphatic carbocycles. The van der Waals surface area contributed by atoms with Crippen LogP contribution in [0.2, 0.25) is 0 Å². The van der Waals surface area contributed by atoms with E-state index in [9.17, 15) is 4.79 Å². The molecule has 3 rings (SSSR count). The molecule has 0 amide bonds. The second-order valence-electron chi connectivity index (χ2n) is 4.95. The fourth-order valence-electron chi connectivity index (χ4n) is 2.28. The number of benzene rings is 1. The smallest absolute Gasteiger partial charge is 0.300 e. The molecular formula is C15H16N2O3. The van der Waals surface area contributed by atoms with Gasteiger partial charge in [0.2, 0.25) is 0 Å². The van der Waals surface area contributed by atoms with Gasteiger partial charge in [0, 0.05) is 11.8 Å². The zero-order chi connectivity index (χ0) is 14.1. The van der Waals surface area contributed by atoms with Crippen LogP contribution in [-0.4, -0.2) is 22.3 Å². The highest BCUT2D eigenvalue weighted by Gasteiger charge is 2.25. The Hall–Kier alpha value is -2.30. The van der Waals surface area contributed by atoms with Crippen molar-refractivity contribution in [3.8, 4) is 11.8 Å². The third-order valence-electron chi connectivity index (χ3n) is 3.37. The van der Waals surface area contributed by atoms with E-state index in [0.717, 1.165) is 17.0 Å². The Morgan fingerprint density at radius 3 is 3.00 bits per heavy atom. The summed E-state index contributed by atoms with van der Waals surface area (Å²) in [6, 6.07) is 9.75. The molecule has 1 atom stereocenters. The van der Waals surface area contributed by atoms with Gasteiger partial charge in [0.05, 0.1) is 6.54 Å². The fourth-order valence-corrected chi connectivity index (χ4v) is 2.28. The van der Waals surface area contributed by atoms with Gasteiger partial charge < -0.3 is 9.47 Å². The minimum Gasteiger partial charge on any atom is -0.489 e. The first-order chi connectivity index (χ1) is 9.63. The molecule has 1 aromatic carbocycles. The summed E-state index contributed by atoms with van der Waals surface area (Å²) in [6.45, 7) is 4.96. The quantitative estimate of drug-likeness (QED) is 0.853. The largest absolute Gasteiger partial charge is 0.489 e. The van der Waals surface area contributed by atoms with Crippen molar-refractivity contribution in [1.29, 1.82) is 0 Å². The highest BCUT2D eigenvalue weighted by Crippen LogP contribution is 2.21. The topological polar surface area (TPSA) is 53.4 Å². The van der Waals surface area contributed by atoms with Crippen molar-refractivity contribution in [2.45, 2.75) is 26.5 Å². The van der Waals surface area contributed by atoms with Crippen molar-refractivity contribution in [2.24, 2.45) is 0 Å². The predicted molar refractivity (Wildman–Crippen MR) is 74.3 cm³/mol. The molecule has 104 valence electrons. The number of aryl methyl sites for hydroxylation is 2. The molecule has 5 nitrogen and oxygen atoms in total. The zero-order valence-electron chi connectivity index (χ0n) is 11.5. The standard InChI is InChI=1S/C15H16N2O3/c1-10-5-3-4-6-13(10)19-9-12-8-17-11(2)7-14(18)16-15(17)20-12/h3-7,12H,8-9H2,1-2H3. The van der Waals surface area contributed by atoms with Gasteiger partial charge in [-0.3, -0.25) is 9.36 Å². The van der Waals surface area contributed by atoms with Crippen LogP contribution in [0, 0.1) is 13.8 Å². The van der Waals surface area contributed by atoms with Crippen LogP contribution in [0.3, 0.4) is 0 Å². The maximum atomic E-state index is 11.3. The Bertz CT molecular complexity index is 694. The molecule has 0 spiro atoms. The third kappa shape index (κ3) is 2.39. The van der Waals surface area contributed by atoms with Crippen molar-refractivity contribution in [1.82, 2.24) is 9.55 Å². The van der Waals surface area contributed by atoms with Crippen LogP contribution in [0.25, 0.3) is 0 Å². The van der Waals surface area contributed by atoms with Crippen molar-refractivity contribution in [2.75, 3.05) is 6.61 Å². The van der Waals surface area contributed by atoms with E-state index in [0.29, 0.717) is 19.2 Å². The Morgan fingerprint density at radius 2 is 2.20 bits per heavy atom. The Kier molecular flexibility index (Phi) is 3.18. The Morgan fingerprint density at radius 1 is 1.40 bits per heavy atom. The molecule has 0 N–H and O–H groups in total. The first kappa shape index (κ1) is 12.7. The van der Waals surface area contributed by atoms with Crippen LogP contribution in [0.5, 0.6) is 11.8 Å². The molecule has 0 saturated carbocycles.